The van der Waals surface area contributed by atoms with Crippen molar-refractivity contribution in [2.45, 2.75) is 13.1 Å². The molecule has 0 aromatic carbocycles. The van der Waals surface area contributed by atoms with E-state index in [2.05, 4.69) is 20.0 Å². The molecule has 0 atom stereocenters. The Bertz CT molecular complexity index is 625. The first-order valence-corrected chi connectivity index (χ1v) is 6.54. The second-order valence-corrected chi connectivity index (χ2v) is 5.25. The van der Waals surface area contributed by atoms with Crippen LogP contribution in [0.15, 0.2) is 24.5 Å². The molecule has 2 aromatic rings. The molecular formula is C12H10F3N3O2S. The number of aromatic nitrogens is 2. The van der Waals surface area contributed by atoms with Gasteiger partial charge in [0.1, 0.15) is 0 Å². The third kappa shape index (κ3) is 4.71. The molecule has 0 bridgehead atoms. The molecule has 0 aliphatic carbocycles. The second kappa shape index (κ2) is 6.08. The predicted molar refractivity (Wildman–Crippen MR) is 70.6 cm³/mol. The van der Waals surface area contributed by atoms with Crippen LogP contribution in [0.25, 0.3) is 0 Å². The van der Waals surface area contributed by atoms with Gasteiger partial charge >= 0.3 is 6.18 Å². The molecule has 1 amide bonds. The molecule has 0 unspecified atom stereocenters. The van der Waals surface area contributed by atoms with Crippen LogP contribution >= 0.6 is 11.3 Å². The van der Waals surface area contributed by atoms with Gasteiger partial charge in [-0.05, 0) is 13.0 Å². The summed E-state index contributed by atoms with van der Waals surface area (Å²) in [5.74, 6) is -0.645. The highest BCUT2D eigenvalue weighted by Crippen LogP contribution is 2.19. The van der Waals surface area contributed by atoms with E-state index in [1.54, 1.807) is 6.20 Å². The van der Waals surface area contributed by atoms with Crippen molar-refractivity contribution in [2.24, 2.45) is 0 Å². The number of hydrogen-bond acceptors (Lipinski definition) is 5. The lowest BCUT2D eigenvalue weighted by molar-refractivity contribution is -0.154. The highest BCUT2D eigenvalue weighted by atomic mass is 32.1. The Morgan fingerprint density at radius 3 is 2.62 bits per heavy atom. The van der Waals surface area contributed by atoms with Crippen molar-refractivity contribution in [1.82, 2.24) is 9.97 Å². The molecule has 2 aromatic heterocycles. The van der Waals surface area contributed by atoms with E-state index in [0.717, 1.165) is 11.1 Å². The van der Waals surface area contributed by atoms with Crippen molar-refractivity contribution in [1.29, 1.82) is 0 Å². The van der Waals surface area contributed by atoms with Gasteiger partial charge in [-0.1, -0.05) is 0 Å². The van der Waals surface area contributed by atoms with Crippen molar-refractivity contribution in [3.8, 4) is 5.88 Å². The van der Waals surface area contributed by atoms with E-state index in [1.807, 2.05) is 6.92 Å². The number of nitrogens with zero attached hydrogens (tertiary/aromatic N) is 2. The number of rotatable bonds is 4. The summed E-state index contributed by atoms with van der Waals surface area (Å²) in [4.78, 5) is 20.4. The smallest absolute Gasteiger partial charge is 0.422 e. The summed E-state index contributed by atoms with van der Waals surface area (Å²) in [5, 5.41) is 3.00. The van der Waals surface area contributed by atoms with Gasteiger partial charge in [0, 0.05) is 23.3 Å². The molecule has 5 nitrogen and oxygen atoms in total. The van der Waals surface area contributed by atoms with E-state index in [-0.39, 0.29) is 11.4 Å². The molecule has 1 N–H and O–H groups in total. The summed E-state index contributed by atoms with van der Waals surface area (Å²) in [6.45, 7) is 0.422. The maximum absolute atomic E-state index is 12.0. The number of amides is 1. The number of hydrogen-bond donors (Lipinski definition) is 1. The minimum Gasteiger partial charge on any atom is -0.468 e. The van der Waals surface area contributed by atoms with Crippen LogP contribution < -0.4 is 10.1 Å². The van der Waals surface area contributed by atoms with Crippen LogP contribution in [0.2, 0.25) is 0 Å². The monoisotopic (exact) mass is 317 g/mol. The van der Waals surface area contributed by atoms with Crippen molar-refractivity contribution in [2.75, 3.05) is 11.9 Å². The molecule has 112 valence electrons. The van der Waals surface area contributed by atoms with Crippen LogP contribution in [-0.4, -0.2) is 28.7 Å². The summed E-state index contributed by atoms with van der Waals surface area (Å²) in [5.41, 5.74) is 0.196. The predicted octanol–water partition coefficient (Wildman–Crippen LogP) is 3.04. The first-order chi connectivity index (χ1) is 9.83. The van der Waals surface area contributed by atoms with E-state index in [4.69, 9.17) is 0 Å². The molecule has 2 rings (SSSR count). The molecule has 0 fully saturated rings. The normalized spacial score (nSPS) is 11.2. The molecule has 21 heavy (non-hydrogen) atoms. The third-order valence-electron chi connectivity index (χ3n) is 2.22. The van der Waals surface area contributed by atoms with Crippen LogP contribution in [0.3, 0.4) is 0 Å². The molecular weight excluding hydrogens is 307 g/mol. The highest BCUT2D eigenvalue weighted by Gasteiger charge is 2.28. The Hall–Kier alpha value is -2.16. The molecule has 0 aliphatic rings. The van der Waals surface area contributed by atoms with E-state index in [0.29, 0.717) is 5.13 Å². The fourth-order valence-electron chi connectivity index (χ4n) is 1.34. The number of anilines is 1. The zero-order valence-corrected chi connectivity index (χ0v) is 11.6. The highest BCUT2D eigenvalue weighted by molar-refractivity contribution is 7.15. The number of carbonyl (C=O) groups is 1. The lowest BCUT2D eigenvalue weighted by atomic mass is 10.3. The summed E-state index contributed by atoms with van der Waals surface area (Å²) in [6.07, 6.45) is -1.67. The number of nitrogens with one attached hydrogen (secondary N) is 1. The lowest BCUT2D eigenvalue weighted by Crippen LogP contribution is -2.19. The number of pyridine rings is 1. The molecule has 2 heterocycles. The maximum Gasteiger partial charge on any atom is 0.422 e. The van der Waals surface area contributed by atoms with E-state index < -0.39 is 18.7 Å². The number of halogens is 3. The quantitative estimate of drug-likeness (QED) is 0.941. The van der Waals surface area contributed by atoms with Crippen LogP contribution in [0, 0.1) is 6.92 Å². The van der Waals surface area contributed by atoms with Crippen LogP contribution in [0.5, 0.6) is 5.88 Å². The van der Waals surface area contributed by atoms with Crippen molar-refractivity contribution in [3.63, 3.8) is 0 Å². The van der Waals surface area contributed by atoms with Gasteiger partial charge in [0.05, 0.1) is 5.56 Å². The fourth-order valence-corrected chi connectivity index (χ4v) is 2.00. The largest absolute Gasteiger partial charge is 0.468 e. The average Bonchev–Trinajstić information content (AvgIpc) is 2.81. The van der Waals surface area contributed by atoms with Crippen molar-refractivity contribution < 1.29 is 22.7 Å². The SMILES string of the molecule is Cc1cnc(NC(=O)c2ccc(OCC(F)(F)F)nc2)s1. The Morgan fingerprint density at radius 1 is 1.33 bits per heavy atom. The van der Waals surface area contributed by atoms with Crippen LogP contribution in [0.4, 0.5) is 18.3 Å². The first-order valence-electron chi connectivity index (χ1n) is 5.73. The van der Waals surface area contributed by atoms with E-state index in [9.17, 15) is 18.0 Å². The standard InChI is InChI=1S/C12H10F3N3O2S/c1-7-4-17-11(21-7)18-10(19)8-2-3-9(16-5-8)20-6-12(13,14)15/h2-5H,6H2,1H3,(H,17,18,19). The van der Waals surface area contributed by atoms with Gasteiger partial charge in [-0.2, -0.15) is 13.2 Å². The topological polar surface area (TPSA) is 64.1 Å². The fraction of sp³-hybridized carbons (Fsp3) is 0.250. The van der Waals surface area contributed by atoms with Gasteiger partial charge in [0.25, 0.3) is 5.91 Å². The van der Waals surface area contributed by atoms with E-state index in [1.165, 1.54) is 23.5 Å². The van der Waals surface area contributed by atoms with Crippen molar-refractivity contribution in [3.05, 3.63) is 35.0 Å². The molecule has 0 saturated heterocycles. The summed E-state index contributed by atoms with van der Waals surface area (Å²) in [6, 6.07) is 2.53. The van der Waals surface area contributed by atoms with Gasteiger partial charge < -0.3 is 4.74 Å². The molecule has 9 heteroatoms. The minimum atomic E-state index is -4.43. The van der Waals surface area contributed by atoms with Crippen molar-refractivity contribution >= 4 is 22.4 Å². The minimum absolute atomic E-state index is 0.196. The Labute approximate surface area is 121 Å². The van der Waals surface area contributed by atoms with Crippen LogP contribution in [0.1, 0.15) is 15.2 Å². The Morgan fingerprint density at radius 2 is 2.10 bits per heavy atom. The lowest BCUT2D eigenvalue weighted by Gasteiger charge is -2.08. The summed E-state index contributed by atoms with van der Waals surface area (Å²) in [7, 11) is 0. The van der Waals surface area contributed by atoms with Gasteiger partial charge in [-0.3, -0.25) is 10.1 Å². The number of alkyl halides is 3. The number of aryl methyl sites for hydroxylation is 1. The zero-order chi connectivity index (χ0) is 15.5. The molecule has 0 radical (unpaired) electrons. The van der Waals surface area contributed by atoms with Crippen LogP contribution in [-0.2, 0) is 0 Å². The van der Waals surface area contributed by atoms with Gasteiger partial charge in [0.2, 0.25) is 5.88 Å². The average molecular weight is 317 g/mol. The van der Waals surface area contributed by atoms with Gasteiger partial charge in [-0.25, -0.2) is 9.97 Å². The maximum atomic E-state index is 12.0. The first kappa shape index (κ1) is 15.2. The number of ether oxygens (including phenoxy) is 1. The number of thiazole rings is 1. The number of carbonyl (C=O) groups excluding carboxylic acids is 1. The Balaban J connectivity index is 1.96. The molecule has 0 spiro atoms. The van der Waals surface area contributed by atoms with Gasteiger partial charge in [0.15, 0.2) is 11.7 Å². The summed E-state index contributed by atoms with van der Waals surface area (Å²) < 4.78 is 40.4. The van der Waals surface area contributed by atoms with E-state index >= 15 is 0 Å². The second-order valence-electron chi connectivity index (χ2n) is 4.02. The Kier molecular flexibility index (Phi) is 4.41. The third-order valence-corrected chi connectivity index (χ3v) is 3.05. The molecule has 0 aliphatic heterocycles. The zero-order valence-electron chi connectivity index (χ0n) is 10.8. The summed E-state index contributed by atoms with van der Waals surface area (Å²) >= 11 is 1.31. The van der Waals surface area contributed by atoms with Gasteiger partial charge in [-0.15, -0.1) is 11.3 Å². The molecule has 0 saturated carbocycles.